The number of likely N-dealkylation sites (tertiary alicyclic amines) is 1. The number of H-pyrrole nitrogens is 1. The molecule has 0 bridgehead atoms. The van der Waals surface area contributed by atoms with Crippen molar-refractivity contribution in [2.45, 2.75) is 56.6 Å². The molecule has 1 saturated carbocycles. The number of anilines is 1. The van der Waals surface area contributed by atoms with Gasteiger partial charge in [0.2, 0.25) is 5.91 Å². The number of alkyl halides is 2. The highest BCUT2D eigenvalue weighted by Gasteiger charge is 2.47. The number of benzene rings is 2. The number of hydrogen-bond acceptors (Lipinski definition) is 5. The van der Waals surface area contributed by atoms with E-state index in [4.69, 9.17) is 21.1 Å². The highest BCUT2D eigenvalue weighted by Crippen LogP contribution is 2.35. The number of aromatic nitrogens is 1. The van der Waals surface area contributed by atoms with Crippen molar-refractivity contribution in [1.82, 2.24) is 9.88 Å². The van der Waals surface area contributed by atoms with E-state index in [1.807, 2.05) is 12.1 Å². The summed E-state index contributed by atoms with van der Waals surface area (Å²) in [4.78, 5) is 41.7. The first-order valence-corrected chi connectivity index (χ1v) is 14.1. The molecule has 2 aliphatic rings. The molecule has 1 aliphatic heterocycles. The van der Waals surface area contributed by atoms with Crippen LogP contribution in [0, 0.1) is 11.7 Å². The zero-order valence-corrected chi connectivity index (χ0v) is 23.7. The number of amides is 2. The number of ether oxygens (including phenoxy) is 2. The predicted molar refractivity (Wildman–Crippen MR) is 150 cm³/mol. The first kappa shape index (κ1) is 29.9. The van der Waals surface area contributed by atoms with Gasteiger partial charge in [-0.25, -0.2) is 13.2 Å². The average Bonchev–Trinajstić information content (AvgIpc) is 3.54. The van der Waals surface area contributed by atoms with E-state index in [0.717, 1.165) is 16.5 Å². The highest BCUT2D eigenvalue weighted by molar-refractivity contribution is 6.34. The summed E-state index contributed by atoms with van der Waals surface area (Å²) in [5.41, 5.74) is 1.05. The summed E-state index contributed by atoms with van der Waals surface area (Å²) < 4.78 is 54.5. The van der Waals surface area contributed by atoms with Crippen molar-refractivity contribution >= 4 is 46.0 Å². The van der Waals surface area contributed by atoms with Gasteiger partial charge in [-0.15, -0.1) is 0 Å². The fourth-order valence-corrected chi connectivity index (χ4v) is 5.98. The second kappa shape index (κ2) is 12.3. The molecule has 42 heavy (non-hydrogen) atoms. The van der Waals surface area contributed by atoms with Gasteiger partial charge in [-0.3, -0.25) is 14.4 Å². The topological polar surface area (TPSA) is 101 Å². The number of carbonyl (C=O) groups is 3. The molecule has 0 unspecified atom stereocenters. The van der Waals surface area contributed by atoms with E-state index in [1.165, 1.54) is 19.4 Å². The summed E-state index contributed by atoms with van der Waals surface area (Å²) in [6.07, 6.45) is 2.62. The van der Waals surface area contributed by atoms with Crippen LogP contribution in [-0.4, -0.2) is 66.0 Å². The maximum Gasteiger partial charge on any atom is 0.308 e. The lowest BCUT2D eigenvalue weighted by Crippen LogP contribution is -2.41. The Morgan fingerprint density at radius 2 is 1.88 bits per heavy atom. The Labute approximate surface area is 245 Å². The zero-order valence-electron chi connectivity index (χ0n) is 22.9. The quantitative estimate of drug-likeness (QED) is 0.319. The summed E-state index contributed by atoms with van der Waals surface area (Å²) in [6.45, 7) is -0.875. The van der Waals surface area contributed by atoms with Crippen molar-refractivity contribution < 1.29 is 37.0 Å². The van der Waals surface area contributed by atoms with Crippen LogP contribution < -0.4 is 5.32 Å². The minimum atomic E-state index is -3.10. The van der Waals surface area contributed by atoms with Gasteiger partial charge in [0.15, 0.2) is 0 Å². The molecule has 1 aliphatic carbocycles. The molecule has 12 heteroatoms. The van der Waals surface area contributed by atoms with Crippen molar-refractivity contribution in [2.24, 2.45) is 5.92 Å². The van der Waals surface area contributed by atoms with Crippen LogP contribution in [0.4, 0.5) is 18.9 Å². The molecular formula is C30H31ClF3N3O5. The Balaban J connectivity index is 1.21. The van der Waals surface area contributed by atoms with Crippen LogP contribution in [0.5, 0.6) is 0 Å². The SMILES string of the molecule is COC(=O)C1CCC(OC[C@@H]2CC(F)(F)CN2C(=O)Cc2cc(Cl)c(NC(=O)c3c[nH]c4ccccc34)cc2F)CC1. The molecule has 3 aromatic rings. The number of rotatable bonds is 8. The summed E-state index contributed by atoms with van der Waals surface area (Å²) in [7, 11) is 1.34. The molecule has 1 aromatic heterocycles. The minimum Gasteiger partial charge on any atom is -0.469 e. The molecular weight excluding hydrogens is 575 g/mol. The Kier molecular flexibility index (Phi) is 8.79. The maximum absolute atomic E-state index is 15.1. The number of methoxy groups -OCH3 is 1. The van der Waals surface area contributed by atoms with E-state index in [-0.39, 0.29) is 40.9 Å². The van der Waals surface area contributed by atoms with Gasteiger partial charge in [0, 0.05) is 23.5 Å². The summed E-state index contributed by atoms with van der Waals surface area (Å²) >= 11 is 6.33. The van der Waals surface area contributed by atoms with E-state index in [9.17, 15) is 23.2 Å². The highest BCUT2D eigenvalue weighted by atomic mass is 35.5. The second-order valence-corrected chi connectivity index (χ2v) is 11.3. The van der Waals surface area contributed by atoms with Crippen molar-refractivity contribution in [3.8, 4) is 0 Å². The van der Waals surface area contributed by atoms with Crippen LogP contribution in [0.15, 0.2) is 42.6 Å². The van der Waals surface area contributed by atoms with Crippen LogP contribution in [-0.2, 0) is 25.5 Å². The monoisotopic (exact) mass is 605 g/mol. The van der Waals surface area contributed by atoms with E-state index < -0.39 is 49.0 Å². The van der Waals surface area contributed by atoms with Gasteiger partial charge in [0.25, 0.3) is 11.8 Å². The van der Waals surface area contributed by atoms with E-state index in [0.29, 0.717) is 36.6 Å². The number of fused-ring (bicyclic) bond motifs is 1. The van der Waals surface area contributed by atoms with E-state index in [1.54, 1.807) is 12.1 Å². The third kappa shape index (κ3) is 6.57. The molecule has 2 heterocycles. The van der Waals surface area contributed by atoms with Gasteiger partial charge < -0.3 is 24.7 Å². The number of aromatic amines is 1. The molecule has 0 radical (unpaired) electrons. The zero-order chi connectivity index (χ0) is 30.0. The molecule has 0 spiro atoms. The third-order valence-electron chi connectivity index (χ3n) is 7.99. The van der Waals surface area contributed by atoms with Crippen LogP contribution in [0.25, 0.3) is 10.9 Å². The molecule has 8 nitrogen and oxygen atoms in total. The van der Waals surface area contributed by atoms with E-state index >= 15 is 4.39 Å². The van der Waals surface area contributed by atoms with Gasteiger partial charge in [0.1, 0.15) is 5.82 Å². The maximum atomic E-state index is 15.1. The Hall–Kier alpha value is -3.57. The number of hydrogen-bond donors (Lipinski definition) is 2. The molecule has 1 atom stereocenters. The Morgan fingerprint density at radius 1 is 1.14 bits per heavy atom. The smallest absolute Gasteiger partial charge is 0.308 e. The fourth-order valence-electron chi connectivity index (χ4n) is 5.75. The lowest BCUT2D eigenvalue weighted by atomic mass is 9.87. The molecule has 224 valence electrons. The van der Waals surface area contributed by atoms with Crippen LogP contribution in [0.1, 0.15) is 48.0 Å². The molecule has 1 saturated heterocycles. The first-order valence-electron chi connectivity index (χ1n) is 13.8. The molecule has 2 fully saturated rings. The molecule has 2 N–H and O–H groups in total. The molecule has 5 rings (SSSR count). The number of halogens is 4. The normalized spacial score (nSPS) is 21.8. The summed E-state index contributed by atoms with van der Waals surface area (Å²) in [5.74, 6) is -5.54. The lowest BCUT2D eigenvalue weighted by Gasteiger charge is -2.30. The number of nitrogens with one attached hydrogen (secondary N) is 2. The van der Waals surface area contributed by atoms with Gasteiger partial charge in [-0.2, -0.15) is 0 Å². The largest absolute Gasteiger partial charge is 0.469 e. The molecule has 2 amide bonds. The fraction of sp³-hybridized carbons (Fsp3) is 0.433. The minimum absolute atomic E-state index is 0.00147. The van der Waals surface area contributed by atoms with Gasteiger partial charge in [-0.1, -0.05) is 29.8 Å². The van der Waals surface area contributed by atoms with Crippen molar-refractivity contribution in [3.63, 3.8) is 0 Å². The second-order valence-electron chi connectivity index (χ2n) is 10.9. The van der Waals surface area contributed by atoms with Gasteiger partial charge in [0.05, 0.1) is 61.0 Å². The first-order chi connectivity index (χ1) is 20.0. The number of carbonyl (C=O) groups excluding carboxylic acids is 3. The van der Waals surface area contributed by atoms with Crippen molar-refractivity contribution in [3.05, 3.63) is 64.6 Å². The van der Waals surface area contributed by atoms with Crippen molar-refractivity contribution in [2.75, 3.05) is 25.6 Å². The van der Waals surface area contributed by atoms with Gasteiger partial charge in [-0.05, 0) is 49.4 Å². The van der Waals surface area contributed by atoms with Gasteiger partial charge >= 0.3 is 5.97 Å². The summed E-state index contributed by atoms with van der Waals surface area (Å²) in [6, 6.07) is 8.56. The van der Waals surface area contributed by atoms with E-state index in [2.05, 4.69) is 10.3 Å². The standard InChI is InChI=1S/C30H31ClF3N3O5/c1-41-29(40)17-6-8-20(9-7-17)42-15-19-13-30(33,34)16-37(19)27(38)11-18-10-23(31)26(12-24(18)32)36-28(39)22-14-35-25-5-3-2-4-21(22)25/h2-5,10,12,14,17,19-20,35H,6-9,11,13,15-16H2,1H3,(H,36,39)/t17?,19-,20?/m0/s1. The number of nitrogens with zero attached hydrogens (tertiary/aromatic N) is 1. The predicted octanol–water partition coefficient (Wildman–Crippen LogP) is 5.74. The summed E-state index contributed by atoms with van der Waals surface area (Å²) in [5, 5.41) is 3.28. The number of para-hydroxylation sites is 1. The Morgan fingerprint density at radius 3 is 2.62 bits per heavy atom. The van der Waals surface area contributed by atoms with Crippen LogP contribution >= 0.6 is 11.6 Å². The Bertz CT molecular complexity index is 1490. The van der Waals surface area contributed by atoms with Crippen molar-refractivity contribution in [1.29, 1.82) is 0 Å². The van der Waals surface area contributed by atoms with Crippen LogP contribution in [0.2, 0.25) is 5.02 Å². The molecule has 2 aromatic carbocycles. The van der Waals surface area contributed by atoms with Crippen LogP contribution in [0.3, 0.4) is 0 Å². The third-order valence-corrected chi connectivity index (χ3v) is 8.30. The number of esters is 1. The lowest BCUT2D eigenvalue weighted by molar-refractivity contribution is -0.148. The average molecular weight is 606 g/mol.